The van der Waals surface area contributed by atoms with Crippen molar-refractivity contribution in [3.63, 3.8) is 0 Å². The maximum absolute atomic E-state index is 12.7. The second-order valence-corrected chi connectivity index (χ2v) is 4.06. The van der Waals surface area contributed by atoms with Crippen molar-refractivity contribution in [3.05, 3.63) is 30.1 Å². The first-order valence-electron chi connectivity index (χ1n) is 5.56. The van der Waals surface area contributed by atoms with Crippen LogP contribution in [0.1, 0.15) is 26.2 Å². The van der Waals surface area contributed by atoms with Crippen LogP contribution < -0.4 is 4.90 Å². The Bertz CT molecular complexity index is 334. The minimum Gasteiger partial charge on any atom is -0.375 e. The molecule has 0 fully saturated rings. The minimum atomic E-state index is -0.214. The second-order valence-electron chi connectivity index (χ2n) is 4.06. The number of unbranched alkanes of at least 4 members (excludes halogenated alkanes) is 1. The number of Topliss-reactive ketones (excluding diaryl/α,β-unsaturated/α-hetero) is 1. The average molecular weight is 223 g/mol. The van der Waals surface area contributed by atoms with E-state index in [9.17, 15) is 9.18 Å². The van der Waals surface area contributed by atoms with Crippen molar-refractivity contribution in [3.8, 4) is 0 Å². The van der Waals surface area contributed by atoms with Crippen LogP contribution in [0.15, 0.2) is 24.3 Å². The van der Waals surface area contributed by atoms with E-state index in [0.29, 0.717) is 6.42 Å². The lowest BCUT2D eigenvalue weighted by Gasteiger charge is -2.18. The van der Waals surface area contributed by atoms with Crippen molar-refractivity contribution in [2.45, 2.75) is 26.2 Å². The van der Waals surface area contributed by atoms with Gasteiger partial charge >= 0.3 is 0 Å². The highest BCUT2D eigenvalue weighted by Crippen LogP contribution is 2.13. The first-order chi connectivity index (χ1) is 7.59. The molecule has 0 bridgehead atoms. The number of carbonyl (C=O) groups excluding carboxylic acids is 1. The van der Waals surface area contributed by atoms with Gasteiger partial charge in [0.1, 0.15) is 11.6 Å². The molecule has 0 N–H and O–H groups in total. The molecule has 0 aliphatic heterocycles. The lowest BCUT2D eigenvalue weighted by molar-refractivity contribution is -0.117. The standard InChI is InChI=1S/C13H18FNO/c1-11(16)5-3-4-10-15(2)13-8-6-12(14)7-9-13/h6-9H,3-5,10H2,1-2H3. The van der Waals surface area contributed by atoms with E-state index in [-0.39, 0.29) is 11.6 Å². The fourth-order valence-corrected chi connectivity index (χ4v) is 1.55. The summed E-state index contributed by atoms with van der Waals surface area (Å²) < 4.78 is 12.7. The number of anilines is 1. The quantitative estimate of drug-likeness (QED) is 0.691. The summed E-state index contributed by atoms with van der Waals surface area (Å²) in [5.74, 6) is 0.0261. The summed E-state index contributed by atoms with van der Waals surface area (Å²) in [7, 11) is 1.97. The van der Waals surface area contributed by atoms with Gasteiger partial charge in [-0.05, 0) is 44.0 Å². The number of ketones is 1. The first kappa shape index (κ1) is 12.7. The van der Waals surface area contributed by atoms with Gasteiger partial charge in [-0.2, -0.15) is 0 Å². The molecule has 0 aliphatic carbocycles. The molecule has 0 spiro atoms. The average Bonchev–Trinajstić information content (AvgIpc) is 2.25. The molecule has 0 aliphatic rings. The van der Waals surface area contributed by atoms with Crippen molar-refractivity contribution in [2.75, 3.05) is 18.5 Å². The number of carbonyl (C=O) groups is 1. The third-order valence-corrected chi connectivity index (χ3v) is 2.54. The molecule has 0 aromatic heterocycles. The molecular formula is C13H18FNO. The Morgan fingerprint density at radius 2 is 1.88 bits per heavy atom. The molecule has 0 heterocycles. The van der Waals surface area contributed by atoms with Crippen LogP contribution in [-0.4, -0.2) is 19.4 Å². The highest BCUT2D eigenvalue weighted by molar-refractivity contribution is 5.75. The topological polar surface area (TPSA) is 20.3 Å². The third-order valence-electron chi connectivity index (χ3n) is 2.54. The van der Waals surface area contributed by atoms with Gasteiger partial charge in [0.05, 0.1) is 0 Å². The molecule has 0 saturated heterocycles. The van der Waals surface area contributed by atoms with Crippen LogP contribution in [0.5, 0.6) is 0 Å². The fraction of sp³-hybridized carbons (Fsp3) is 0.462. The van der Waals surface area contributed by atoms with E-state index in [1.807, 2.05) is 7.05 Å². The summed E-state index contributed by atoms with van der Waals surface area (Å²) in [6, 6.07) is 6.45. The van der Waals surface area contributed by atoms with Crippen LogP contribution in [0.4, 0.5) is 10.1 Å². The molecule has 1 aromatic carbocycles. The summed E-state index contributed by atoms with van der Waals surface area (Å²) in [5.41, 5.74) is 1.00. The lowest BCUT2D eigenvalue weighted by atomic mass is 10.2. The SMILES string of the molecule is CC(=O)CCCCN(C)c1ccc(F)cc1. The number of hydrogen-bond donors (Lipinski definition) is 0. The molecule has 2 nitrogen and oxygen atoms in total. The van der Waals surface area contributed by atoms with Crippen molar-refractivity contribution < 1.29 is 9.18 Å². The molecule has 0 radical (unpaired) electrons. The molecule has 1 aromatic rings. The number of nitrogens with zero attached hydrogens (tertiary/aromatic N) is 1. The predicted molar refractivity (Wildman–Crippen MR) is 64.2 cm³/mol. The minimum absolute atomic E-state index is 0.214. The summed E-state index contributed by atoms with van der Waals surface area (Å²) in [5, 5.41) is 0. The van der Waals surface area contributed by atoms with Gasteiger partial charge in [0, 0.05) is 25.7 Å². The zero-order valence-corrected chi connectivity index (χ0v) is 9.87. The molecule has 16 heavy (non-hydrogen) atoms. The van der Waals surface area contributed by atoms with Crippen molar-refractivity contribution >= 4 is 11.5 Å². The Kier molecular flexibility index (Phi) is 4.96. The Morgan fingerprint density at radius 1 is 1.25 bits per heavy atom. The Hall–Kier alpha value is -1.38. The number of benzene rings is 1. The molecule has 1 rings (SSSR count). The van der Waals surface area contributed by atoms with E-state index < -0.39 is 0 Å². The van der Waals surface area contributed by atoms with Crippen LogP contribution in [0.25, 0.3) is 0 Å². The third kappa shape index (κ3) is 4.43. The summed E-state index contributed by atoms with van der Waals surface area (Å²) in [4.78, 5) is 12.8. The largest absolute Gasteiger partial charge is 0.375 e. The highest BCUT2D eigenvalue weighted by Gasteiger charge is 2.01. The van der Waals surface area contributed by atoms with E-state index in [1.165, 1.54) is 12.1 Å². The van der Waals surface area contributed by atoms with E-state index >= 15 is 0 Å². The molecule has 88 valence electrons. The normalized spacial score (nSPS) is 10.2. The van der Waals surface area contributed by atoms with Gasteiger partial charge < -0.3 is 9.69 Å². The number of halogens is 1. The molecule has 0 unspecified atom stereocenters. The van der Waals surface area contributed by atoms with Gasteiger partial charge in [-0.15, -0.1) is 0 Å². The molecule has 0 amide bonds. The van der Waals surface area contributed by atoms with E-state index in [0.717, 1.165) is 25.1 Å². The molecule has 0 saturated carbocycles. The van der Waals surface area contributed by atoms with Crippen molar-refractivity contribution in [2.24, 2.45) is 0 Å². The van der Waals surface area contributed by atoms with Gasteiger partial charge in [-0.25, -0.2) is 4.39 Å². The van der Waals surface area contributed by atoms with Gasteiger partial charge in [0.15, 0.2) is 0 Å². The molecular weight excluding hydrogens is 205 g/mol. The Balaban J connectivity index is 2.32. The maximum Gasteiger partial charge on any atom is 0.129 e. The van der Waals surface area contributed by atoms with E-state index in [1.54, 1.807) is 19.1 Å². The zero-order valence-electron chi connectivity index (χ0n) is 9.87. The van der Waals surface area contributed by atoms with Crippen LogP contribution in [0.2, 0.25) is 0 Å². The predicted octanol–water partition coefficient (Wildman–Crippen LogP) is 3.02. The van der Waals surface area contributed by atoms with Gasteiger partial charge in [0.25, 0.3) is 0 Å². The van der Waals surface area contributed by atoms with Crippen molar-refractivity contribution in [1.29, 1.82) is 0 Å². The summed E-state index contributed by atoms with van der Waals surface area (Å²) in [6.45, 7) is 2.50. The van der Waals surface area contributed by atoms with Crippen LogP contribution >= 0.6 is 0 Å². The maximum atomic E-state index is 12.7. The monoisotopic (exact) mass is 223 g/mol. The fourth-order valence-electron chi connectivity index (χ4n) is 1.55. The van der Waals surface area contributed by atoms with Gasteiger partial charge in [-0.1, -0.05) is 0 Å². The van der Waals surface area contributed by atoms with Crippen molar-refractivity contribution in [1.82, 2.24) is 0 Å². The number of rotatable bonds is 6. The van der Waals surface area contributed by atoms with Crippen LogP contribution in [0.3, 0.4) is 0 Å². The van der Waals surface area contributed by atoms with Crippen LogP contribution in [0, 0.1) is 5.82 Å². The summed E-state index contributed by atoms with van der Waals surface area (Å²) in [6.07, 6.45) is 2.55. The zero-order chi connectivity index (χ0) is 12.0. The molecule has 3 heteroatoms. The van der Waals surface area contributed by atoms with Gasteiger partial charge in [0.2, 0.25) is 0 Å². The second kappa shape index (κ2) is 6.26. The summed E-state index contributed by atoms with van der Waals surface area (Å²) >= 11 is 0. The van der Waals surface area contributed by atoms with Gasteiger partial charge in [-0.3, -0.25) is 0 Å². The van der Waals surface area contributed by atoms with Crippen LogP contribution in [-0.2, 0) is 4.79 Å². The first-order valence-corrected chi connectivity index (χ1v) is 5.56. The van der Waals surface area contributed by atoms with E-state index in [2.05, 4.69) is 4.90 Å². The smallest absolute Gasteiger partial charge is 0.129 e. The Labute approximate surface area is 96.1 Å². The Morgan fingerprint density at radius 3 is 2.44 bits per heavy atom. The highest BCUT2D eigenvalue weighted by atomic mass is 19.1. The number of hydrogen-bond acceptors (Lipinski definition) is 2. The molecule has 0 atom stereocenters. The lowest BCUT2D eigenvalue weighted by Crippen LogP contribution is -2.18. The van der Waals surface area contributed by atoms with E-state index in [4.69, 9.17) is 0 Å².